The van der Waals surface area contributed by atoms with Crippen molar-refractivity contribution in [1.82, 2.24) is 5.32 Å². The Balaban J connectivity index is 2.73. The summed E-state index contributed by atoms with van der Waals surface area (Å²) < 4.78 is 1.12. The van der Waals surface area contributed by atoms with Gasteiger partial charge in [0, 0.05) is 16.6 Å². The average molecular weight is 268 g/mol. The molecular weight excluding hydrogens is 250 g/mol. The number of benzene rings is 1. The summed E-state index contributed by atoms with van der Waals surface area (Å²) in [5, 5.41) is 3.52. The van der Waals surface area contributed by atoms with Crippen LogP contribution >= 0.6 is 15.9 Å². The second-order valence-electron chi connectivity index (χ2n) is 3.70. The molecule has 0 bridgehead atoms. The Morgan fingerprint density at radius 3 is 2.47 bits per heavy atom. The lowest BCUT2D eigenvalue weighted by atomic mass is 10.0. The number of halogens is 1. The van der Waals surface area contributed by atoms with E-state index in [2.05, 4.69) is 65.9 Å². The highest BCUT2D eigenvalue weighted by Crippen LogP contribution is 2.19. The van der Waals surface area contributed by atoms with Gasteiger partial charge in [-0.05, 0) is 31.0 Å². The number of hydrogen-bond donors (Lipinski definition) is 1. The summed E-state index contributed by atoms with van der Waals surface area (Å²) in [4.78, 5) is 0. The molecule has 2 atom stereocenters. The minimum absolute atomic E-state index is 0.346. The highest BCUT2D eigenvalue weighted by atomic mass is 79.9. The molecule has 0 saturated carbocycles. The third-order valence-electron chi connectivity index (χ3n) is 2.50. The van der Waals surface area contributed by atoms with Gasteiger partial charge in [-0.2, -0.15) is 0 Å². The fourth-order valence-electron chi connectivity index (χ4n) is 1.53. The predicted molar refractivity (Wildman–Crippen MR) is 70.0 cm³/mol. The minimum Gasteiger partial charge on any atom is -0.304 e. The van der Waals surface area contributed by atoms with Crippen LogP contribution in [0.25, 0.3) is 0 Å². The fourth-order valence-corrected chi connectivity index (χ4v) is 1.79. The lowest BCUT2D eigenvalue weighted by molar-refractivity contribution is 0.490. The van der Waals surface area contributed by atoms with Crippen molar-refractivity contribution in [2.45, 2.75) is 32.4 Å². The van der Waals surface area contributed by atoms with Crippen molar-refractivity contribution >= 4 is 15.9 Å². The maximum absolute atomic E-state index is 3.79. The molecule has 2 unspecified atom stereocenters. The van der Waals surface area contributed by atoms with E-state index in [0.717, 1.165) is 10.9 Å². The Hall–Kier alpha value is -0.600. The molecule has 15 heavy (non-hydrogen) atoms. The molecule has 1 aromatic carbocycles. The van der Waals surface area contributed by atoms with E-state index in [0.29, 0.717) is 12.1 Å². The number of rotatable bonds is 5. The Labute approximate surface area is 101 Å². The molecule has 0 radical (unpaired) electrons. The summed E-state index contributed by atoms with van der Waals surface area (Å²) in [6, 6.07) is 9.23. The summed E-state index contributed by atoms with van der Waals surface area (Å²) in [6.45, 7) is 8.10. The maximum atomic E-state index is 3.79. The van der Waals surface area contributed by atoms with E-state index in [4.69, 9.17) is 0 Å². The Morgan fingerprint density at radius 2 is 2.00 bits per heavy atom. The molecule has 0 aromatic heterocycles. The lowest BCUT2D eigenvalue weighted by Crippen LogP contribution is -2.28. The molecule has 1 N–H and O–H groups in total. The standard InChI is InChI=1S/C13H18BrN/c1-4-10(3)15-13(5-2)11-6-8-12(14)9-7-11/h4,6-10,13,15H,1,5H2,2-3H3. The van der Waals surface area contributed by atoms with E-state index in [1.807, 2.05) is 6.08 Å². The van der Waals surface area contributed by atoms with Crippen molar-refractivity contribution in [3.05, 3.63) is 47.0 Å². The van der Waals surface area contributed by atoms with Crippen molar-refractivity contribution in [2.75, 3.05) is 0 Å². The number of hydrogen-bond acceptors (Lipinski definition) is 1. The van der Waals surface area contributed by atoms with Gasteiger partial charge in [-0.1, -0.05) is 41.1 Å². The van der Waals surface area contributed by atoms with Crippen molar-refractivity contribution in [3.8, 4) is 0 Å². The van der Waals surface area contributed by atoms with Crippen LogP contribution in [0.15, 0.2) is 41.4 Å². The van der Waals surface area contributed by atoms with Gasteiger partial charge >= 0.3 is 0 Å². The monoisotopic (exact) mass is 267 g/mol. The summed E-state index contributed by atoms with van der Waals surface area (Å²) in [6.07, 6.45) is 3.02. The summed E-state index contributed by atoms with van der Waals surface area (Å²) >= 11 is 3.44. The molecule has 1 rings (SSSR count). The fraction of sp³-hybridized carbons (Fsp3) is 0.385. The molecule has 0 aliphatic rings. The normalized spacial score (nSPS) is 14.6. The molecule has 82 valence electrons. The maximum Gasteiger partial charge on any atom is 0.0322 e. The van der Waals surface area contributed by atoms with Crippen LogP contribution in [-0.2, 0) is 0 Å². The molecule has 0 fully saturated rings. The zero-order valence-electron chi connectivity index (χ0n) is 9.33. The first kappa shape index (κ1) is 12.5. The summed E-state index contributed by atoms with van der Waals surface area (Å²) in [5.74, 6) is 0. The van der Waals surface area contributed by atoms with Gasteiger partial charge in [0.15, 0.2) is 0 Å². The minimum atomic E-state index is 0.346. The largest absolute Gasteiger partial charge is 0.304 e. The summed E-state index contributed by atoms with van der Waals surface area (Å²) in [5.41, 5.74) is 1.33. The van der Waals surface area contributed by atoms with E-state index >= 15 is 0 Å². The van der Waals surface area contributed by atoms with Gasteiger partial charge in [-0.3, -0.25) is 0 Å². The molecule has 0 aliphatic carbocycles. The van der Waals surface area contributed by atoms with Gasteiger partial charge in [0.25, 0.3) is 0 Å². The molecule has 0 amide bonds. The van der Waals surface area contributed by atoms with Gasteiger partial charge in [0.1, 0.15) is 0 Å². The molecule has 0 saturated heterocycles. The zero-order chi connectivity index (χ0) is 11.3. The van der Waals surface area contributed by atoms with Crippen LogP contribution in [0.5, 0.6) is 0 Å². The van der Waals surface area contributed by atoms with Crippen LogP contribution in [-0.4, -0.2) is 6.04 Å². The Kier molecular flexibility index (Phi) is 5.06. The van der Waals surface area contributed by atoms with Crippen LogP contribution in [0, 0.1) is 0 Å². The van der Waals surface area contributed by atoms with Crippen molar-refractivity contribution in [1.29, 1.82) is 0 Å². The van der Waals surface area contributed by atoms with Gasteiger partial charge in [0.05, 0.1) is 0 Å². The molecule has 1 aromatic rings. The first-order valence-corrected chi connectivity index (χ1v) is 6.10. The molecule has 0 heterocycles. The Bertz CT molecular complexity index is 305. The van der Waals surface area contributed by atoms with Gasteiger partial charge in [-0.15, -0.1) is 6.58 Å². The number of nitrogens with one attached hydrogen (secondary N) is 1. The van der Waals surface area contributed by atoms with Crippen LogP contribution in [0.2, 0.25) is 0 Å². The first-order valence-electron chi connectivity index (χ1n) is 5.31. The van der Waals surface area contributed by atoms with Gasteiger partial charge < -0.3 is 5.32 Å². The zero-order valence-corrected chi connectivity index (χ0v) is 10.9. The topological polar surface area (TPSA) is 12.0 Å². The quantitative estimate of drug-likeness (QED) is 0.794. The smallest absolute Gasteiger partial charge is 0.0322 e. The third-order valence-corrected chi connectivity index (χ3v) is 3.03. The van der Waals surface area contributed by atoms with Crippen LogP contribution in [0.3, 0.4) is 0 Å². The van der Waals surface area contributed by atoms with Crippen LogP contribution < -0.4 is 5.32 Å². The average Bonchev–Trinajstić information content (AvgIpc) is 2.27. The molecule has 0 spiro atoms. The van der Waals surface area contributed by atoms with E-state index in [9.17, 15) is 0 Å². The van der Waals surface area contributed by atoms with Crippen molar-refractivity contribution < 1.29 is 0 Å². The molecular formula is C13H18BrN. The second kappa shape index (κ2) is 6.09. The van der Waals surface area contributed by atoms with E-state index < -0.39 is 0 Å². The van der Waals surface area contributed by atoms with Gasteiger partial charge in [-0.25, -0.2) is 0 Å². The van der Waals surface area contributed by atoms with Crippen LogP contribution in [0.1, 0.15) is 31.9 Å². The predicted octanol–water partition coefficient (Wildman–Crippen LogP) is 4.06. The molecule has 2 heteroatoms. The highest BCUT2D eigenvalue weighted by molar-refractivity contribution is 9.10. The molecule has 1 nitrogen and oxygen atoms in total. The van der Waals surface area contributed by atoms with Gasteiger partial charge in [0.2, 0.25) is 0 Å². The lowest BCUT2D eigenvalue weighted by Gasteiger charge is -2.20. The van der Waals surface area contributed by atoms with E-state index in [-0.39, 0.29) is 0 Å². The summed E-state index contributed by atoms with van der Waals surface area (Å²) in [7, 11) is 0. The van der Waals surface area contributed by atoms with Crippen LogP contribution in [0.4, 0.5) is 0 Å². The molecule has 0 aliphatic heterocycles. The van der Waals surface area contributed by atoms with Crippen molar-refractivity contribution in [3.63, 3.8) is 0 Å². The van der Waals surface area contributed by atoms with E-state index in [1.165, 1.54) is 5.56 Å². The SMILES string of the molecule is C=CC(C)NC(CC)c1ccc(Br)cc1. The first-order chi connectivity index (χ1) is 7.17. The van der Waals surface area contributed by atoms with Crippen molar-refractivity contribution in [2.24, 2.45) is 0 Å². The van der Waals surface area contributed by atoms with E-state index in [1.54, 1.807) is 0 Å². The third kappa shape index (κ3) is 3.80. The Morgan fingerprint density at radius 1 is 1.40 bits per heavy atom. The second-order valence-corrected chi connectivity index (χ2v) is 4.62. The highest BCUT2D eigenvalue weighted by Gasteiger charge is 2.09.